The quantitative estimate of drug-likeness (QED) is 0.563. The van der Waals surface area contributed by atoms with Gasteiger partial charge in [0, 0.05) is 4.90 Å². The van der Waals surface area contributed by atoms with E-state index < -0.39 is 29.9 Å². The normalized spacial score (nSPS) is 30.4. The van der Waals surface area contributed by atoms with Gasteiger partial charge >= 0.3 is 0 Å². The molecule has 3 aliphatic rings. The van der Waals surface area contributed by atoms with E-state index in [1.54, 1.807) is 0 Å². The van der Waals surface area contributed by atoms with Crippen molar-refractivity contribution in [3.05, 3.63) is 64.2 Å². The minimum atomic E-state index is -1.22. The predicted molar refractivity (Wildman–Crippen MR) is 135 cm³/mol. The monoisotopic (exact) mass is 486 g/mol. The number of hydrogen-bond acceptors (Lipinski definition) is 6. The van der Waals surface area contributed by atoms with Gasteiger partial charge in [-0.15, -0.1) is 23.5 Å². The van der Waals surface area contributed by atoms with Crippen molar-refractivity contribution in [2.75, 3.05) is 12.0 Å². The van der Waals surface area contributed by atoms with Gasteiger partial charge in [0.2, 0.25) is 0 Å². The summed E-state index contributed by atoms with van der Waals surface area (Å²) in [5.74, 6) is 1.82. The summed E-state index contributed by atoms with van der Waals surface area (Å²) in [5.41, 5.74) is 5.80. The Morgan fingerprint density at radius 3 is 2.58 bits per heavy atom. The summed E-state index contributed by atoms with van der Waals surface area (Å²) in [7, 11) is 0. The molecule has 2 aliphatic heterocycles. The first-order chi connectivity index (χ1) is 16.0. The molecular formula is C27H34O4S2. The molecular weight excluding hydrogens is 452 g/mol. The van der Waals surface area contributed by atoms with Crippen LogP contribution in [0.25, 0.3) is 0 Å². The zero-order valence-electron chi connectivity index (χ0n) is 19.2. The fourth-order valence-corrected chi connectivity index (χ4v) is 7.04. The molecule has 0 bridgehead atoms. The summed E-state index contributed by atoms with van der Waals surface area (Å²) < 4.78 is 6.05. The van der Waals surface area contributed by atoms with Crippen LogP contribution in [-0.4, -0.2) is 51.1 Å². The molecule has 2 heterocycles. The zero-order chi connectivity index (χ0) is 22.9. The van der Waals surface area contributed by atoms with E-state index in [9.17, 15) is 15.3 Å². The smallest absolute Gasteiger partial charge is 0.132 e. The van der Waals surface area contributed by atoms with Crippen LogP contribution in [0, 0.1) is 0 Å². The number of aryl methyl sites for hydroxylation is 1. The number of aliphatic hydroxyl groups is 3. The summed E-state index contributed by atoms with van der Waals surface area (Å²) in [6, 6.07) is 13.4. The first-order valence-electron chi connectivity index (χ1n) is 12.1. The van der Waals surface area contributed by atoms with Crippen LogP contribution in [0.3, 0.4) is 0 Å². The van der Waals surface area contributed by atoms with Gasteiger partial charge in [0.25, 0.3) is 0 Å². The van der Waals surface area contributed by atoms with Crippen LogP contribution < -0.4 is 0 Å². The molecule has 0 amide bonds. The Labute approximate surface area is 205 Å². The molecule has 6 heteroatoms. The number of fused-ring (bicyclic) bond motifs is 1. The van der Waals surface area contributed by atoms with Crippen molar-refractivity contribution in [1.29, 1.82) is 0 Å². The van der Waals surface area contributed by atoms with Gasteiger partial charge in [-0.05, 0) is 90.3 Å². The van der Waals surface area contributed by atoms with Crippen LogP contribution in [0.2, 0.25) is 0 Å². The topological polar surface area (TPSA) is 69.9 Å². The van der Waals surface area contributed by atoms with Gasteiger partial charge in [-0.3, -0.25) is 0 Å². The molecule has 2 aromatic carbocycles. The SMILES string of the molecule is CS[C@H]1O[C@@H](c2ccc(C3CCC3)c(Cc3ccc4c(c3)CCCCS4)c2)[C@H](O)[C@@H](O)[C@@H]1O. The molecule has 4 nitrogen and oxygen atoms in total. The van der Waals surface area contributed by atoms with Crippen LogP contribution in [0.4, 0.5) is 0 Å². The van der Waals surface area contributed by atoms with E-state index >= 15 is 0 Å². The molecule has 3 N–H and O–H groups in total. The van der Waals surface area contributed by atoms with Gasteiger partial charge in [-0.1, -0.05) is 36.8 Å². The lowest BCUT2D eigenvalue weighted by Crippen LogP contribution is -2.52. The van der Waals surface area contributed by atoms with Crippen LogP contribution in [0.15, 0.2) is 41.3 Å². The largest absolute Gasteiger partial charge is 0.387 e. The molecule has 5 atom stereocenters. The second kappa shape index (κ2) is 10.3. The van der Waals surface area contributed by atoms with E-state index in [0.717, 1.165) is 18.4 Å². The number of benzene rings is 2. The minimum absolute atomic E-state index is 0.565. The van der Waals surface area contributed by atoms with Crippen LogP contribution in [0.1, 0.15) is 71.9 Å². The lowest BCUT2D eigenvalue weighted by Gasteiger charge is -2.40. The van der Waals surface area contributed by atoms with E-state index in [1.165, 1.54) is 76.8 Å². The number of aliphatic hydroxyl groups excluding tert-OH is 3. The van der Waals surface area contributed by atoms with E-state index in [0.29, 0.717) is 5.92 Å². The number of ether oxygens (including phenoxy) is 1. The molecule has 33 heavy (non-hydrogen) atoms. The van der Waals surface area contributed by atoms with Crippen LogP contribution in [-0.2, 0) is 17.6 Å². The lowest BCUT2D eigenvalue weighted by atomic mass is 9.76. The molecule has 1 saturated carbocycles. The van der Waals surface area contributed by atoms with Crippen molar-refractivity contribution < 1.29 is 20.1 Å². The molecule has 178 valence electrons. The minimum Gasteiger partial charge on any atom is -0.387 e. The number of rotatable bonds is 5. The van der Waals surface area contributed by atoms with Crippen molar-refractivity contribution in [3.8, 4) is 0 Å². The summed E-state index contributed by atoms with van der Waals surface area (Å²) >= 11 is 3.33. The van der Waals surface area contributed by atoms with Crippen molar-refractivity contribution in [2.24, 2.45) is 0 Å². The van der Waals surface area contributed by atoms with E-state index in [4.69, 9.17) is 4.74 Å². The molecule has 0 unspecified atom stereocenters. The van der Waals surface area contributed by atoms with Gasteiger partial charge < -0.3 is 20.1 Å². The molecule has 1 saturated heterocycles. The van der Waals surface area contributed by atoms with E-state index in [-0.39, 0.29) is 0 Å². The highest BCUT2D eigenvalue weighted by molar-refractivity contribution is 7.99. The third-order valence-corrected chi connectivity index (χ3v) is 9.52. The van der Waals surface area contributed by atoms with Gasteiger partial charge in [0.15, 0.2) is 0 Å². The second-order valence-electron chi connectivity index (χ2n) is 9.64. The first-order valence-corrected chi connectivity index (χ1v) is 14.4. The molecule has 5 rings (SSSR count). The average molecular weight is 487 g/mol. The molecule has 1 aliphatic carbocycles. The summed E-state index contributed by atoms with van der Waals surface area (Å²) in [6.45, 7) is 0. The maximum atomic E-state index is 10.7. The van der Waals surface area contributed by atoms with Gasteiger partial charge in [-0.25, -0.2) is 0 Å². The number of hydrogen-bond donors (Lipinski definition) is 3. The Morgan fingerprint density at radius 1 is 0.970 bits per heavy atom. The summed E-state index contributed by atoms with van der Waals surface area (Å²) in [4.78, 5) is 1.43. The maximum Gasteiger partial charge on any atom is 0.132 e. The fraction of sp³-hybridized carbons (Fsp3) is 0.556. The Balaban J connectivity index is 1.46. The third-order valence-electron chi connectivity index (χ3n) is 7.46. The van der Waals surface area contributed by atoms with Crippen LogP contribution in [0.5, 0.6) is 0 Å². The highest BCUT2D eigenvalue weighted by atomic mass is 32.2. The van der Waals surface area contributed by atoms with E-state index in [2.05, 4.69) is 30.3 Å². The fourth-order valence-electron chi connectivity index (χ4n) is 5.29. The van der Waals surface area contributed by atoms with Crippen molar-refractivity contribution in [3.63, 3.8) is 0 Å². The standard InChI is InChI=1S/C27H34O4S2/c1-32-27-25(30)23(28)24(29)26(31-27)19-9-10-21(17-6-4-7-17)20(15-19)14-16-8-11-22-18(13-16)5-2-3-12-33-22/h8-11,13,15,17,23-30H,2-7,12,14H2,1H3/t23-,24-,25+,26+,27-/m1/s1. The predicted octanol–water partition coefficient (Wildman–Crippen LogP) is 4.82. The molecule has 2 aromatic rings. The number of thioether (sulfide) groups is 2. The Kier molecular flexibility index (Phi) is 7.40. The molecule has 0 spiro atoms. The Morgan fingerprint density at radius 2 is 1.82 bits per heavy atom. The zero-order valence-corrected chi connectivity index (χ0v) is 20.8. The summed E-state index contributed by atoms with van der Waals surface area (Å²) in [5, 5.41) is 31.4. The molecule has 2 fully saturated rings. The molecule has 0 aromatic heterocycles. The highest BCUT2D eigenvalue weighted by Crippen LogP contribution is 2.42. The van der Waals surface area contributed by atoms with Crippen molar-refractivity contribution in [1.82, 2.24) is 0 Å². The third kappa shape index (κ3) is 4.89. The van der Waals surface area contributed by atoms with Crippen molar-refractivity contribution in [2.45, 2.75) is 85.6 Å². The molecule has 0 radical (unpaired) electrons. The van der Waals surface area contributed by atoms with Gasteiger partial charge in [0.1, 0.15) is 29.9 Å². The van der Waals surface area contributed by atoms with Crippen LogP contribution >= 0.6 is 23.5 Å². The Bertz CT molecular complexity index is 975. The van der Waals surface area contributed by atoms with Crippen molar-refractivity contribution >= 4 is 23.5 Å². The second-order valence-corrected chi connectivity index (χ2v) is 11.7. The highest BCUT2D eigenvalue weighted by Gasteiger charge is 2.44. The summed E-state index contributed by atoms with van der Waals surface area (Å²) in [6.07, 6.45) is 6.01. The maximum absolute atomic E-state index is 10.7. The first kappa shape index (κ1) is 23.7. The lowest BCUT2D eigenvalue weighted by molar-refractivity contribution is -0.200. The van der Waals surface area contributed by atoms with E-state index in [1.807, 2.05) is 24.1 Å². The average Bonchev–Trinajstić information content (AvgIpc) is 3.03. The Hall–Kier alpha value is -1.02. The van der Waals surface area contributed by atoms with Gasteiger partial charge in [-0.2, -0.15) is 0 Å². The van der Waals surface area contributed by atoms with Gasteiger partial charge in [0.05, 0.1) is 0 Å².